The molecule has 3 aromatic rings. The first-order valence-corrected chi connectivity index (χ1v) is 7.63. The van der Waals surface area contributed by atoms with Gasteiger partial charge in [0.2, 0.25) is 0 Å². The van der Waals surface area contributed by atoms with Gasteiger partial charge in [0.1, 0.15) is 21.7 Å². The fraction of sp³-hybridized carbons (Fsp3) is 0.154. The summed E-state index contributed by atoms with van der Waals surface area (Å²) in [5.41, 5.74) is 1.86. The number of imidazole rings is 1. The number of nitrogens with one attached hydrogen (secondary N) is 1. The van der Waals surface area contributed by atoms with Crippen molar-refractivity contribution in [2.45, 2.75) is 17.1 Å². The molecule has 0 atom stereocenters. The Balaban J connectivity index is 1.89. The van der Waals surface area contributed by atoms with E-state index in [-0.39, 0.29) is 0 Å². The van der Waals surface area contributed by atoms with Crippen LogP contribution in [0.3, 0.4) is 0 Å². The van der Waals surface area contributed by atoms with Gasteiger partial charge in [0.15, 0.2) is 5.16 Å². The summed E-state index contributed by atoms with van der Waals surface area (Å²) in [5, 5.41) is 1.62. The molecule has 0 aliphatic rings. The van der Waals surface area contributed by atoms with Crippen molar-refractivity contribution in [2.24, 2.45) is 0 Å². The average Bonchev–Trinajstić information content (AvgIpc) is 2.80. The van der Waals surface area contributed by atoms with Crippen molar-refractivity contribution in [1.29, 1.82) is 0 Å². The van der Waals surface area contributed by atoms with Crippen LogP contribution in [0.5, 0.6) is 5.75 Å². The molecule has 20 heavy (non-hydrogen) atoms. The molecule has 0 aliphatic heterocycles. The Morgan fingerprint density at radius 1 is 1.30 bits per heavy atom. The summed E-state index contributed by atoms with van der Waals surface area (Å²) in [6.45, 7) is 2.61. The van der Waals surface area contributed by atoms with Gasteiger partial charge in [-0.05, 0) is 46.7 Å². The van der Waals surface area contributed by atoms with E-state index < -0.39 is 0 Å². The lowest BCUT2D eigenvalue weighted by Gasteiger charge is -2.00. The highest BCUT2D eigenvalue weighted by Crippen LogP contribution is 2.28. The first-order chi connectivity index (χ1) is 9.74. The third kappa shape index (κ3) is 2.94. The number of hydrogen-bond donors (Lipinski definition) is 1. The Kier molecular flexibility index (Phi) is 3.88. The highest BCUT2D eigenvalue weighted by atomic mass is 79.9. The number of fused-ring (bicyclic) bond motifs is 1. The van der Waals surface area contributed by atoms with E-state index in [1.54, 1.807) is 0 Å². The van der Waals surface area contributed by atoms with Crippen molar-refractivity contribution in [2.75, 3.05) is 6.61 Å². The Morgan fingerprint density at radius 3 is 3.00 bits per heavy atom. The molecule has 5 nitrogen and oxygen atoms in total. The molecule has 0 aliphatic carbocycles. The van der Waals surface area contributed by atoms with E-state index >= 15 is 0 Å². The number of benzene rings is 1. The smallest absolute Gasteiger partial charge is 0.172 e. The predicted molar refractivity (Wildman–Crippen MR) is 81.1 cm³/mol. The quantitative estimate of drug-likeness (QED) is 0.727. The van der Waals surface area contributed by atoms with Gasteiger partial charge in [0, 0.05) is 12.1 Å². The normalized spacial score (nSPS) is 10.9. The summed E-state index contributed by atoms with van der Waals surface area (Å²) < 4.78 is 6.23. The number of hydrogen-bond acceptors (Lipinski definition) is 5. The maximum absolute atomic E-state index is 5.48. The van der Waals surface area contributed by atoms with Gasteiger partial charge in [0.05, 0.1) is 17.6 Å². The van der Waals surface area contributed by atoms with E-state index in [1.165, 1.54) is 18.1 Å². The summed E-state index contributed by atoms with van der Waals surface area (Å²) in [4.78, 5) is 16.0. The molecule has 7 heteroatoms. The van der Waals surface area contributed by atoms with Gasteiger partial charge >= 0.3 is 0 Å². The van der Waals surface area contributed by atoms with Crippen LogP contribution in [0.1, 0.15) is 6.92 Å². The molecule has 3 rings (SSSR count). The molecule has 102 valence electrons. The van der Waals surface area contributed by atoms with E-state index in [4.69, 9.17) is 4.74 Å². The number of halogens is 1. The van der Waals surface area contributed by atoms with Gasteiger partial charge in [-0.15, -0.1) is 0 Å². The molecule has 0 spiro atoms. The van der Waals surface area contributed by atoms with Crippen LogP contribution < -0.4 is 4.74 Å². The van der Waals surface area contributed by atoms with Gasteiger partial charge < -0.3 is 9.72 Å². The van der Waals surface area contributed by atoms with Crippen LogP contribution in [0.4, 0.5) is 0 Å². The lowest BCUT2D eigenvalue weighted by atomic mass is 10.3. The zero-order valence-corrected chi connectivity index (χ0v) is 13.0. The maximum atomic E-state index is 5.48. The number of rotatable bonds is 4. The predicted octanol–water partition coefficient (Wildman–Crippen LogP) is 3.67. The fourth-order valence-corrected chi connectivity index (χ4v) is 2.98. The van der Waals surface area contributed by atoms with Crippen molar-refractivity contribution >= 4 is 38.7 Å². The zero-order valence-electron chi connectivity index (χ0n) is 10.6. The highest BCUT2D eigenvalue weighted by Gasteiger charge is 2.07. The van der Waals surface area contributed by atoms with Crippen LogP contribution in [0.25, 0.3) is 11.0 Å². The van der Waals surface area contributed by atoms with Crippen molar-refractivity contribution < 1.29 is 4.74 Å². The molecule has 0 amide bonds. The topological polar surface area (TPSA) is 63.7 Å². The van der Waals surface area contributed by atoms with Crippen molar-refractivity contribution in [3.8, 4) is 5.75 Å². The van der Waals surface area contributed by atoms with E-state index in [2.05, 4.69) is 35.9 Å². The third-order valence-electron chi connectivity index (χ3n) is 2.55. The van der Waals surface area contributed by atoms with Crippen LogP contribution in [-0.4, -0.2) is 26.5 Å². The van der Waals surface area contributed by atoms with Crippen LogP contribution in [0.2, 0.25) is 0 Å². The zero-order chi connectivity index (χ0) is 13.9. The van der Waals surface area contributed by atoms with Crippen LogP contribution in [0, 0.1) is 0 Å². The molecular weight excluding hydrogens is 340 g/mol. The Bertz CT molecular complexity index is 746. The number of H-pyrrole nitrogens is 1. The molecule has 1 aromatic carbocycles. The van der Waals surface area contributed by atoms with Crippen LogP contribution in [-0.2, 0) is 0 Å². The monoisotopic (exact) mass is 350 g/mol. The summed E-state index contributed by atoms with van der Waals surface area (Å²) >= 11 is 4.78. The lowest BCUT2D eigenvalue weighted by Crippen LogP contribution is -1.90. The second-order valence-corrected chi connectivity index (χ2v) is 5.76. The van der Waals surface area contributed by atoms with Gasteiger partial charge in [-0.25, -0.2) is 15.0 Å². The SMILES string of the molecule is CCOc1ccc2nc(Sc3cc(Br)ncn3)[nH]c2c1. The van der Waals surface area contributed by atoms with Crippen molar-refractivity contribution in [3.05, 3.63) is 35.2 Å². The van der Waals surface area contributed by atoms with E-state index in [0.29, 0.717) is 6.61 Å². The first kappa shape index (κ1) is 13.4. The molecule has 0 saturated heterocycles. The second kappa shape index (κ2) is 5.80. The highest BCUT2D eigenvalue weighted by molar-refractivity contribution is 9.10. The van der Waals surface area contributed by atoms with Crippen molar-refractivity contribution in [1.82, 2.24) is 19.9 Å². The molecule has 2 aromatic heterocycles. The fourth-order valence-electron chi connectivity index (χ4n) is 1.74. The molecule has 1 N–H and O–H groups in total. The standard InChI is InChI=1S/C13H11BrN4OS/c1-2-19-8-3-4-9-10(5-8)18-13(17-9)20-12-6-11(14)15-7-16-12/h3-7H,2H2,1H3,(H,17,18). The Labute approximate surface area is 128 Å². The van der Waals surface area contributed by atoms with Gasteiger partial charge in [0.25, 0.3) is 0 Å². The number of aromatic nitrogens is 4. The Hall–Kier alpha value is -1.60. The van der Waals surface area contributed by atoms with E-state index in [9.17, 15) is 0 Å². The largest absolute Gasteiger partial charge is 0.494 e. The minimum atomic E-state index is 0.649. The molecule has 0 unspecified atom stereocenters. The molecule has 0 saturated carbocycles. The van der Waals surface area contributed by atoms with Crippen LogP contribution >= 0.6 is 27.7 Å². The number of nitrogens with zero attached hydrogens (tertiary/aromatic N) is 3. The van der Waals surface area contributed by atoms with E-state index in [0.717, 1.165) is 31.6 Å². The minimum absolute atomic E-state index is 0.649. The lowest BCUT2D eigenvalue weighted by molar-refractivity contribution is 0.340. The number of ether oxygens (including phenoxy) is 1. The molecule has 0 radical (unpaired) electrons. The Morgan fingerprint density at radius 2 is 2.20 bits per heavy atom. The first-order valence-electron chi connectivity index (χ1n) is 6.02. The molecule has 2 heterocycles. The molecule has 0 bridgehead atoms. The molecule has 0 fully saturated rings. The summed E-state index contributed by atoms with van der Waals surface area (Å²) in [6, 6.07) is 7.66. The van der Waals surface area contributed by atoms with Crippen LogP contribution in [0.15, 0.2) is 45.4 Å². The minimum Gasteiger partial charge on any atom is -0.494 e. The number of aromatic amines is 1. The third-order valence-corrected chi connectivity index (χ3v) is 3.81. The van der Waals surface area contributed by atoms with Gasteiger partial charge in [-0.2, -0.15) is 0 Å². The summed E-state index contributed by atoms with van der Waals surface area (Å²) in [7, 11) is 0. The average molecular weight is 351 g/mol. The second-order valence-electron chi connectivity index (χ2n) is 3.93. The summed E-state index contributed by atoms with van der Waals surface area (Å²) in [6.07, 6.45) is 1.52. The van der Waals surface area contributed by atoms with E-state index in [1.807, 2.05) is 31.2 Å². The van der Waals surface area contributed by atoms with Gasteiger partial charge in [-0.3, -0.25) is 0 Å². The van der Waals surface area contributed by atoms with Crippen molar-refractivity contribution in [3.63, 3.8) is 0 Å². The summed E-state index contributed by atoms with van der Waals surface area (Å²) in [5.74, 6) is 0.838. The molecular formula is C13H11BrN4OS. The van der Waals surface area contributed by atoms with Gasteiger partial charge in [-0.1, -0.05) is 0 Å². The maximum Gasteiger partial charge on any atom is 0.172 e.